The number of carbonyl (C=O) groups is 1. The molecule has 148 valence electrons. The zero-order valence-corrected chi connectivity index (χ0v) is 16.9. The maximum absolute atomic E-state index is 13.2. The maximum atomic E-state index is 13.2. The summed E-state index contributed by atoms with van der Waals surface area (Å²) in [5.41, 5.74) is 0.902. The lowest BCUT2D eigenvalue weighted by atomic mass is 10.2. The average Bonchev–Trinajstić information content (AvgIpc) is 3.38. The number of carbonyl (C=O) groups excluding carboxylic acids is 1. The quantitative estimate of drug-likeness (QED) is 0.800. The Morgan fingerprint density at radius 1 is 1.18 bits per heavy atom. The number of rotatable bonds is 5. The van der Waals surface area contributed by atoms with Crippen LogP contribution in [0.4, 0.5) is 11.4 Å². The van der Waals surface area contributed by atoms with Crippen LogP contribution in [-0.2, 0) is 14.8 Å². The Morgan fingerprint density at radius 2 is 1.89 bits per heavy atom. The molecular weight excluding hydrogens is 404 g/mol. The van der Waals surface area contributed by atoms with Crippen LogP contribution in [0.25, 0.3) is 0 Å². The summed E-state index contributed by atoms with van der Waals surface area (Å²) in [4.78, 5) is 13.0. The first-order chi connectivity index (χ1) is 13.3. The van der Waals surface area contributed by atoms with Crippen LogP contribution in [-0.4, -0.2) is 39.8 Å². The average molecular weight is 423 g/mol. The van der Waals surface area contributed by atoms with Gasteiger partial charge in [-0.25, -0.2) is 8.42 Å². The lowest BCUT2D eigenvalue weighted by Gasteiger charge is -2.23. The monoisotopic (exact) mass is 422 g/mol. The molecule has 1 saturated carbocycles. The fourth-order valence-corrected chi connectivity index (χ4v) is 6.19. The summed E-state index contributed by atoms with van der Waals surface area (Å²) >= 11 is 5.89. The first kappa shape index (κ1) is 18.9. The molecule has 1 N–H and O–H groups in total. The van der Waals surface area contributed by atoms with Crippen LogP contribution in [0.2, 0.25) is 5.02 Å². The summed E-state index contributed by atoms with van der Waals surface area (Å²) in [5, 5.41) is 3.25. The van der Waals surface area contributed by atoms with Gasteiger partial charge in [0.15, 0.2) is 4.75 Å². The van der Waals surface area contributed by atoms with Crippen LogP contribution in [0, 0.1) is 5.92 Å². The number of anilines is 2. The number of fused-ring (bicyclic) bond motifs is 1. The van der Waals surface area contributed by atoms with Gasteiger partial charge < -0.3 is 14.8 Å². The first-order valence-corrected chi connectivity index (χ1v) is 10.5. The molecule has 2 aromatic rings. The Morgan fingerprint density at radius 3 is 2.54 bits per heavy atom. The van der Waals surface area contributed by atoms with E-state index in [-0.39, 0.29) is 12.5 Å². The van der Waals surface area contributed by atoms with E-state index in [0.717, 1.165) is 0 Å². The van der Waals surface area contributed by atoms with Gasteiger partial charge in [0, 0.05) is 23.6 Å². The van der Waals surface area contributed by atoms with Crippen molar-refractivity contribution in [3.05, 3.63) is 47.5 Å². The van der Waals surface area contributed by atoms with Crippen molar-refractivity contribution in [1.82, 2.24) is 0 Å². The van der Waals surface area contributed by atoms with Gasteiger partial charge in [0.25, 0.3) is 0 Å². The number of nitrogens with one attached hydrogen (secondary N) is 1. The van der Waals surface area contributed by atoms with Crippen molar-refractivity contribution in [1.29, 1.82) is 0 Å². The van der Waals surface area contributed by atoms with E-state index in [1.165, 1.54) is 18.5 Å². The molecule has 0 radical (unpaired) electrons. The van der Waals surface area contributed by atoms with E-state index in [9.17, 15) is 13.2 Å². The second-order valence-corrected chi connectivity index (χ2v) is 9.38. The number of hydrogen-bond acceptors (Lipinski definition) is 5. The van der Waals surface area contributed by atoms with Gasteiger partial charge in [-0.3, -0.25) is 9.10 Å². The summed E-state index contributed by atoms with van der Waals surface area (Å²) in [6.07, 6.45) is 0.309. The van der Waals surface area contributed by atoms with E-state index in [1.807, 2.05) is 0 Å². The number of nitrogens with zero attached hydrogens (tertiary/aromatic N) is 1. The molecule has 1 heterocycles. The van der Waals surface area contributed by atoms with Crippen LogP contribution >= 0.6 is 11.6 Å². The number of hydrogen-bond donors (Lipinski definition) is 1. The van der Waals surface area contributed by atoms with Crippen LogP contribution in [0.3, 0.4) is 0 Å². The third-order valence-electron chi connectivity index (χ3n) is 5.34. The minimum absolute atomic E-state index is 0.252. The highest BCUT2D eigenvalue weighted by Gasteiger charge is 2.75. The second kappa shape index (κ2) is 6.56. The van der Waals surface area contributed by atoms with Crippen molar-refractivity contribution in [2.24, 2.45) is 5.92 Å². The number of ether oxygens (including phenoxy) is 2. The first-order valence-electron chi connectivity index (χ1n) is 8.65. The highest BCUT2D eigenvalue weighted by Crippen LogP contribution is 2.58. The van der Waals surface area contributed by atoms with Crippen molar-refractivity contribution in [3.8, 4) is 11.5 Å². The molecule has 1 saturated heterocycles. The summed E-state index contributed by atoms with van der Waals surface area (Å²) in [5.74, 6) is 0.167. The van der Waals surface area contributed by atoms with Crippen LogP contribution in [0.1, 0.15) is 6.42 Å². The van der Waals surface area contributed by atoms with Crippen molar-refractivity contribution >= 4 is 38.9 Å². The molecule has 2 aromatic carbocycles. The van der Waals surface area contributed by atoms with Gasteiger partial charge in [-0.1, -0.05) is 11.6 Å². The minimum atomic E-state index is -3.86. The van der Waals surface area contributed by atoms with Crippen molar-refractivity contribution in [2.45, 2.75) is 11.2 Å². The Hall–Kier alpha value is -2.45. The van der Waals surface area contributed by atoms with E-state index in [0.29, 0.717) is 34.3 Å². The molecule has 9 heteroatoms. The summed E-state index contributed by atoms with van der Waals surface area (Å²) in [6.45, 7) is 0.275. The van der Waals surface area contributed by atoms with Gasteiger partial charge >= 0.3 is 0 Å². The van der Waals surface area contributed by atoms with Gasteiger partial charge in [-0.15, -0.1) is 0 Å². The molecule has 0 aromatic heterocycles. The Labute approximate surface area is 168 Å². The topological polar surface area (TPSA) is 84.9 Å². The summed E-state index contributed by atoms with van der Waals surface area (Å²) in [6, 6.07) is 11.5. The van der Waals surface area contributed by atoms with E-state index in [4.69, 9.17) is 21.1 Å². The lowest BCUT2D eigenvalue weighted by molar-refractivity contribution is -0.116. The molecule has 0 bridgehead atoms. The second-order valence-electron chi connectivity index (χ2n) is 6.82. The molecule has 2 atom stereocenters. The third-order valence-corrected chi connectivity index (χ3v) is 8.14. The van der Waals surface area contributed by atoms with E-state index < -0.39 is 20.7 Å². The summed E-state index contributed by atoms with van der Waals surface area (Å²) < 4.78 is 36.7. The molecule has 0 spiro atoms. The number of methoxy groups -OCH3 is 2. The van der Waals surface area contributed by atoms with Gasteiger partial charge in [-0.2, -0.15) is 0 Å². The van der Waals surface area contributed by atoms with Gasteiger partial charge in [0.1, 0.15) is 11.5 Å². The summed E-state index contributed by atoms with van der Waals surface area (Å²) in [7, 11) is -0.864. The number of amides is 1. The molecule has 1 amide bonds. The molecule has 0 unspecified atom stereocenters. The standard InChI is InChI=1S/C19H19ClN2O5S/c1-26-15-7-8-16(17(9-15)27-2)21-18(23)19-10-12(19)11-22(28(19,24)25)14-5-3-13(20)4-6-14/h3-9,12H,10-11H2,1-2H3,(H,21,23)/t12-,19-/m0/s1. The van der Waals surface area contributed by atoms with E-state index >= 15 is 0 Å². The number of halogens is 1. The normalized spacial score (nSPS) is 24.4. The van der Waals surface area contributed by atoms with Crippen LogP contribution in [0.15, 0.2) is 42.5 Å². The Kier molecular flexibility index (Phi) is 4.43. The number of sulfonamides is 1. The third kappa shape index (κ3) is 2.70. The molecule has 1 aliphatic carbocycles. The van der Waals surface area contributed by atoms with Crippen LogP contribution < -0.4 is 19.1 Å². The van der Waals surface area contributed by atoms with Crippen LogP contribution in [0.5, 0.6) is 11.5 Å². The van der Waals surface area contributed by atoms with E-state index in [2.05, 4.69) is 5.32 Å². The molecule has 2 aliphatic rings. The highest BCUT2D eigenvalue weighted by molar-refractivity contribution is 7.95. The SMILES string of the molecule is COc1ccc(NC(=O)[C@]23C[C@H]2CN(c2ccc(Cl)cc2)S3(=O)=O)c(OC)c1. The molecule has 1 aliphatic heterocycles. The molecule has 4 rings (SSSR count). The van der Waals surface area contributed by atoms with Crippen molar-refractivity contribution < 1.29 is 22.7 Å². The van der Waals surface area contributed by atoms with E-state index in [1.54, 1.807) is 42.5 Å². The zero-order chi connectivity index (χ0) is 20.1. The van der Waals surface area contributed by atoms with Gasteiger partial charge in [-0.05, 0) is 42.8 Å². The Bertz CT molecular complexity index is 1040. The predicted molar refractivity (Wildman–Crippen MR) is 107 cm³/mol. The maximum Gasteiger partial charge on any atom is 0.250 e. The largest absolute Gasteiger partial charge is 0.497 e. The fourth-order valence-electron chi connectivity index (χ4n) is 3.71. The Balaban J connectivity index is 1.61. The fraction of sp³-hybridized carbons (Fsp3) is 0.316. The predicted octanol–water partition coefficient (Wildman–Crippen LogP) is 2.90. The molecule has 7 nitrogen and oxygen atoms in total. The minimum Gasteiger partial charge on any atom is -0.497 e. The highest BCUT2D eigenvalue weighted by atomic mass is 35.5. The number of benzene rings is 2. The lowest BCUT2D eigenvalue weighted by Crippen LogP contribution is -2.42. The molecule has 2 fully saturated rings. The molecule has 28 heavy (non-hydrogen) atoms. The van der Waals surface area contributed by atoms with Gasteiger partial charge in [0.2, 0.25) is 15.9 Å². The van der Waals surface area contributed by atoms with Gasteiger partial charge in [0.05, 0.1) is 25.6 Å². The smallest absolute Gasteiger partial charge is 0.250 e. The van der Waals surface area contributed by atoms with Crippen molar-refractivity contribution in [2.75, 3.05) is 30.4 Å². The zero-order valence-electron chi connectivity index (χ0n) is 15.3. The van der Waals surface area contributed by atoms with Crippen molar-refractivity contribution in [3.63, 3.8) is 0 Å². The molecular formula is C19H19ClN2O5S.